The van der Waals surface area contributed by atoms with Crippen LogP contribution in [0.3, 0.4) is 0 Å². The first-order chi connectivity index (χ1) is 8.85. The molecule has 5 heteroatoms. The van der Waals surface area contributed by atoms with Gasteiger partial charge in [-0.1, -0.05) is 25.4 Å². The number of aromatic hydroxyl groups is 1. The maximum Gasteiger partial charge on any atom is 0.252 e. The van der Waals surface area contributed by atoms with Crippen LogP contribution in [0.4, 0.5) is 0 Å². The van der Waals surface area contributed by atoms with E-state index in [0.717, 1.165) is 6.42 Å². The van der Waals surface area contributed by atoms with Crippen LogP contribution in [-0.4, -0.2) is 31.3 Å². The highest BCUT2D eigenvalue weighted by Gasteiger charge is 2.20. The molecule has 0 fully saturated rings. The van der Waals surface area contributed by atoms with Crippen molar-refractivity contribution in [3.8, 4) is 5.75 Å². The highest BCUT2D eigenvalue weighted by molar-refractivity contribution is 6.33. The molecule has 0 saturated carbocycles. The van der Waals surface area contributed by atoms with Crippen molar-refractivity contribution in [2.45, 2.75) is 20.3 Å². The van der Waals surface area contributed by atoms with Gasteiger partial charge in [0.1, 0.15) is 5.75 Å². The summed E-state index contributed by atoms with van der Waals surface area (Å²) < 4.78 is 5.04. The van der Waals surface area contributed by atoms with Gasteiger partial charge in [-0.3, -0.25) is 4.79 Å². The lowest BCUT2D eigenvalue weighted by Gasteiger charge is -2.24. The second-order valence-electron chi connectivity index (χ2n) is 5.25. The Kier molecular flexibility index (Phi) is 5.63. The molecule has 106 valence electrons. The second-order valence-corrected chi connectivity index (χ2v) is 5.66. The average molecular weight is 286 g/mol. The van der Waals surface area contributed by atoms with Gasteiger partial charge in [0.2, 0.25) is 0 Å². The van der Waals surface area contributed by atoms with Gasteiger partial charge in [0.25, 0.3) is 5.91 Å². The number of halogens is 1. The quantitative estimate of drug-likeness (QED) is 0.845. The Bertz CT molecular complexity index is 446. The maximum absolute atomic E-state index is 12.0. The Morgan fingerprint density at radius 3 is 2.79 bits per heavy atom. The molecule has 0 saturated heterocycles. The van der Waals surface area contributed by atoms with E-state index in [1.165, 1.54) is 18.2 Å². The fourth-order valence-electron chi connectivity index (χ4n) is 1.57. The first-order valence-corrected chi connectivity index (χ1v) is 6.49. The average Bonchev–Trinajstić information content (AvgIpc) is 2.36. The second kappa shape index (κ2) is 6.78. The van der Waals surface area contributed by atoms with E-state index in [2.05, 4.69) is 19.2 Å². The smallest absolute Gasteiger partial charge is 0.252 e. The van der Waals surface area contributed by atoms with E-state index in [9.17, 15) is 9.90 Å². The van der Waals surface area contributed by atoms with Gasteiger partial charge in [-0.2, -0.15) is 0 Å². The molecule has 1 amide bonds. The number of rotatable bonds is 6. The van der Waals surface area contributed by atoms with Crippen molar-refractivity contribution in [3.63, 3.8) is 0 Å². The summed E-state index contributed by atoms with van der Waals surface area (Å²) in [6.45, 7) is 5.27. The van der Waals surface area contributed by atoms with E-state index in [0.29, 0.717) is 18.2 Å². The lowest BCUT2D eigenvalue weighted by atomic mass is 9.89. The molecule has 2 N–H and O–H groups in total. The van der Waals surface area contributed by atoms with E-state index < -0.39 is 0 Å². The molecular formula is C14H20ClNO3. The molecule has 1 aromatic carbocycles. The third-order valence-corrected chi connectivity index (χ3v) is 3.23. The summed E-state index contributed by atoms with van der Waals surface area (Å²) in [5.41, 5.74) is 0.221. The van der Waals surface area contributed by atoms with E-state index >= 15 is 0 Å². The molecule has 0 heterocycles. The molecule has 0 aliphatic carbocycles. The van der Waals surface area contributed by atoms with Crippen LogP contribution in [0, 0.1) is 5.41 Å². The number of hydrogen-bond donors (Lipinski definition) is 2. The van der Waals surface area contributed by atoms with Gasteiger partial charge in [-0.05, 0) is 30.0 Å². The van der Waals surface area contributed by atoms with Gasteiger partial charge in [-0.15, -0.1) is 0 Å². The predicted molar refractivity (Wildman–Crippen MR) is 75.7 cm³/mol. The van der Waals surface area contributed by atoms with E-state index in [1.807, 2.05) is 0 Å². The predicted octanol–water partition coefficient (Wildman–Crippen LogP) is 2.84. The highest BCUT2D eigenvalue weighted by atomic mass is 35.5. The number of phenols is 1. The van der Waals surface area contributed by atoms with Crippen LogP contribution < -0.4 is 5.32 Å². The molecule has 0 bridgehead atoms. The zero-order chi connectivity index (χ0) is 14.5. The molecule has 0 aliphatic rings. The minimum Gasteiger partial charge on any atom is -0.508 e. The molecule has 0 aliphatic heterocycles. The normalized spacial score (nSPS) is 11.4. The van der Waals surface area contributed by atoms with Crippen molar-refractivity contribution in [2.75, 3.05) is 20.3 Å². The molecule has 0 unspecified atom stereocenters. The van der Waals surface area contributed by atoms with Gasteiger partial charge >= 0.3 is 0 Å². The van der Waals surface area contributed by atoms with Crippen LogP contribution in [0.15, 0.2) is 18.2 Å². The summed E-state index contributed by atoms with van der Waals surface area (Å²) in [6, 6.07) is 4.31. The van der Waals surface area contributed by atoms with Crippen molar-refractivity contribution < 1.29 is 14.6 Å². The van der Waals surface area contributed by atoms with Crippen molar-refractivity contribution in [1.82, 2.24) is 5.32 Å². The fraction of sp³-hybridized carbons (Fsp3) is 0.500. The minimum atomic E-state index is -0.286. The van der Waals surface area contributed by atoms with Crippen LogP contribution in [0.25, 0.3) is 0 Å². The van der Waals surface area contributed by atoms with Crippen LogP contribution >= 0.6 is 11.6 Å². The number of hydrogen-bond acceptors (Lipinski definition) is 3. The molecule has 0 radical (unpaired) electrons. The molecule has 0 spiro atoms. The molecule has 0 aromatic heterocycles. The monoisotopic (exact) mass is 285 g/mol. The third-order valence-electron chi connectivity index (χ3n) is 2.91. The van der Waals surface area contributed by atoms with Gasteiger partial charge in [0.05, 0.1) is 10.6 Å². The first-order valence-electron chi connectivity index (χ1n) is 6.11. The number of phenolic OH excluding ortho intramolecular Hbond substituents is 1. The maximum atomic E-state index is 12.0. The van der Waals surface area contributed by atoms with Crippen molar-refractivity contribution in [1.29, 1.82) is 0 Å². The first kappa shape index (κ1) is 15.8. The number of carbonyl (C=O) groups is 1. The van der Waals surface area contributed by atoms with Gasteiger partial charge in [-0.25, -0.2) is 0 Å². The topological polar surface area (TPSA) is 58.6 Å². The molecule has 0 atom stereocenters. The van der Waals surface area contributed by atoms with Gasteiger partial charge in [0.15, 0.2) is 0 Å². The summed E-state index contributed by atoms with van der Waals surface area (Å²) >= 11 is 5.93. The van der Waals surface area contributed by atoms with Gasteiger partial charge < -0.3 is 15.2 Å². The van der Waals surface area contributed by atoms with Crippen molar-refractivity contribution >= 4 is 17.5 Å². The van der Waals surface area contributed by atoms with E-state index in [4.69, 9.17) is 16.3 Å². The van der Waals surface area contributed by atoms with Crippen molar-refractivity contribution in [2.24, 2.45) is 5.41 Å². The Labute approximate surface area is 118 Å². The number of methoxy groups -OCH3 is 1. The zero-order valence-corrected chi connectivity index (χ0v) is 12.3. The lowest BCUT2D eigenvalue weighted by Crippen LogP contribution is -2.34. The van der Waals surface area contributed by atoms with E-state index in [-0.39, 0.29) is 22.6 Å². The molecule has 19 heavy (non-hydrogen) atoms. The Hall–Kier alpha value is -1.26. The van der Waals surface area contributed by atoms with Crippen LogP contribution in [-0.2, 0) is 4.74 Å². The minimum absolute atomic E-state index is 0.0215. The van der Waals surface area contributed by atoms with Crippen molar-refractivity contribution in [3.05, 3.63) is 28.8 Å². The summed E-state index contributed by atoms with van der Waals surface area (Å²) in [5.74, 6) is -0.264. The largest absolute Gasteiger partial charge is 0.508 e. The van der Waals surface area contributed by atoms with Crippen LogP contribution in [0.2, 0.25) is 5.02 Å². The number of carbonyl (C=O) groups excluding carboxylic acids is 1. The van der Waals surface area contributed by atoms with E-state index in [1.54, 1.807) is 7.11 Å². The fourth-order valence-corrected chi connectivity index (χ4v) is 1.77. The van der Waals surface area contributed by atoms with Crippen LogP contribution in [0.1, 0.15) is 30.6 Å². The lowest BCUT2D eigenvalue weighted by molar-refractivity contribution is 0.0920. The number of ether oxygens (including phenoxy) is 1. The standard InChI is InChI=1S/C14H20ClNO3/c1-14(2,6-7-19-3)9-16-13(18)11-8-10(17)4-5-12(11)15/h4-5,8,17H,6-7,9H2,1-3H3,(H,16,18). The zero-order valence-electron chi connectivity index (χ0n) is 11.5. The highest BCUT2D eigenvalue weighted by Crippen LogP contribution is 2.22. The van der Waals surface area contributed by atoms with Crippen LogP contribution in [0.5, 0.6) is 5.75 Å². The SMILES string of the molecule is COCCC(C)(C)CNC(=O)c1cc(O)ccc1Cl. The summed E-state index contributed by atoms with van der Waals surface area (Å²) in [7, 11) is 1.65. The Morgan fingerprint density at radius 1 is 1.47 bits per heavy atom. The number of amides is 1. The Balaban J connectivity index is 2.62. The summed E-state index contributed by atoms with van der Waals surface area (Å²) in [4.78, 5) is 12.0. The number of nitrogens with one attached hydrogen (secondary N) is 1. The van der Waals surface area contributed by atoms with Gasteiger partial charge in [0, 0.05) is 20.3 Å². The molecular weight excluding hydrogens is 266 g/mol. The summed E-state index contributed by atoms with van der Waals surface area (Å²) in [6.07, 6.45) is 0.845. The third kappa shape index (κ3) is 5.09. The molecule has 1 aromatic rings. The molecule has 1 rings (SSSR count). The summed E-state index contributed by atoms with van der Waals surface area (Å²) in [5, 5.41) is 12.5. The Morgan fingerprint density at radius 2 is 2.16 bits per heavy atom. The number of benzene rings is 1. The molecule has 4 nitrogen and oxygen atoms in total.